The first-order valence-electron chi connectivity index (χ1n) is 6.77. The van der Waals surface area contributed by atoms with E-state index in [4.69, 9.17) is 5.41 Å². The summed E-state index contributed by atoms with van der Waals surface area (Å²) in [5.74, 6) is 2.12. The molecule has 22 heavy (non-hydrogen) atoms. The van der Waals surface area contributed by atoms with Crippen molar-refractivity contribution in [3.63, 3.8) is 0 Å². The molecule has 1 unspecified atom stereocenters. The molecular weight excluding hydrogens is 342 g/mol. The molecule has 1 N–H and O–H groups in total. The molecule has 1 heterocycles. The quantitative estimate of drug-likeness (QED) is 0.631. The molecule has 0 bridgehead atoms. The molecule has 0 saturated heterocycles. The number of nitrogens with one attached hydrogen (secondary N) is 1. The average Bonchev–Trinajstić information content (AvgIpc) is 2.55. The molecule has 0 aromatic heterocycles. The van der Waals surface area contributed by atoms with Crippen molar-refractivity contribution < 1.29 is 4.39 Å². The predicted molar refractivity (Wildman–Crippen MR) is 88.0 cm³/mol. The van der Waals surface area contributed by atoms with E-state index in [0.717, 1.165) is 16.8 Å². The fourth-order valence-corrected chi connectivity index (χ4v) is 3.00. The second kappa shape index (κ2) is 6.25. The van der Waals surface area contributed by atoms with Gasteiger partial charge in [-0.15, -0.1) is 0 Å². The van der Waals surface area contributed by atoms with Gasteiger partial charge in [0.15, 0.2) is 0 Å². The first-order chi connectivity index (χ1) is 10.7. The maximum atomic E-state index is 13.1. The molecule has 1 aliphatic heterocycles. The Labute approximate surface area is 136 Å². The first-order valence-corrected chi connectivity index (χ1v) is 7.63. The zero-order valence-electron chi connectivity index (χ0n) is 11.6. The summed E-state index contributed by atoms with van der Waals surface area (Å²) in [6.07, 6.45) is 1.99. The van der Waals surface area contributed by atoms with Crippen molar-refractivity contribution in [3.05, 3.63) is 83.2 Å². The summed E-state index contributed by atoms with van der Waals surface area (Å²) in [6, 6.07) is 16.2. The normalized spacial score (nSPS) is 17.5. The Kier molecular flexibility index (Phi) is 4.17. The van der Waals surface area contributed by atoms with E-state index in [9.17, 15) is 4.39 Å². The van der Waals surface area contributed by atoms with Gasteiger partial charge in [0.25, 0.3) is 0 Å². The molecule has 0 amide bonds. The van der Waals surface area contributed by atoms with Crippen molar-refractivity contribution in [3.8, 4) is 0 Å². The van der Waals surface area contributed by atoms with Crippen LogP contribution in [0.5, 0.6) is 0 Å². The topological polar surface area (TPSA) is 36.2 Å². The molecule has 2 aromatic rings. The van der Waals surface area contributed by atoms with Crippen molar-refractivity contribution in [1.82, 2.24) is 0 Å². The molecule has 1 radical (unpaired) electrons. The van der Waals surface area contributed by atoms with Crippen LogP contribution in [0.4, 0.5) is 4.39 Å². The van der Waals surface area contributed by atoms with E-state index < -0.39 is 0 Å². The second-order valence-corrected chi connectivity index (χ2v) is 5.71. The van der Waals surface area contributed by atoms with Gasteiger partial charge in [0, 0.05) is 0 Å². The number of aliphatic imine (C=N–C) groups is 1. The Morgan fingerprint density at radius 3 is 2.36 bits per heavy atom. The Hall–Kier alpha value is -2.25. The Bertz CT molecular complexity index is 801. The van der Waals surface area contributed by atoms with E-state index in [1.54, 1.807) is 12.1 Å². The SMILES string of the molecule is N=C=C1C([Se])=NC(c2ccc(F)cc2)=CC1c1ccccc1. The van der Waals surface area contributed by atoms with Crippen LogP contribution in [0, 0.1) is 11.2 Å². The third-order valence-electron chi connectivity index (χ3n) is 3.52. The van der Waals surface area contributed by atoms with Gasteiger partial charge < -0.3 is 0 Å². The molecule has 1 atom stereocenters. The van der Waals surface area contributed by atoms with Crippen molar-refractivity contribution in [2.24, 2.45) is 4.99 Å². The Morgan fingerprint density at radius 1 is 1.05 bits per heavy atom. The van der Waals surface area contributed by atoms with Crippen LogP contribution in [-0.2, 0) is 0 Å². The van der Waals surface area contributed by atoms with E-state index in [1.165, 1.54) is 12.1 Å². The minimum absolute atomic E-state index is 0.0903. The van der Waals surface area contributed by atoms with Crippen LogP contribution in [0.15, 0.2) is 71.2 Å². The van der Waals surface area contributed by atoms with Gasteiger partial charge in [-0.05, 0) is 0 Å². The van der Waals surface area contributed by atoms with Gasteiger partial charge in [-0.1, -0.05) is 0 Å². The first kappa shape index (κ1) is 14.7. The second-order valence-electron chi connectivity index (χ2n) is 4.90. The Morgan fingerprint density at radius 2 is 1.73 bits per heavy atom. The van der Waals surface area contributed by atoms with Crippen LogP contribution in [0.3, 0.4) is 0 Å². The molecule has 4 heteroatoms. The summed E-state index contributed by atoms with van der Waals surface area (Å²) in [4.78, 5) is 4.49. The minimum atomic E-state index is -0.271. The van der Waals surface area contributed by atoms with E-state index in [0.29, 0.717) is 10.2 Å². The van der Waals surface area contributed by atoms with Gasteiger partial charge in [-0.3, -0.25) is 0 Å². The molecule has 0 aliphatic carbocycles. The Balaban J connectivity index is 2.10. The predicted octanol–water partition coefficient (Wildman–Crippen LogP) is 3.71. The maximum absolute atomic E-state index is 13.1. The van der Waals surface area contributed by atoms with Crippen LogP contribution < -0.4 is 0 Å². The van der Waals surface area contributed by atoms with Crippen molar-refractivity contribution in [1.29, 1.82) is 5.41 Å². The van der Waals surface area contributed by atoms with Crippen LogP contribution in [-0.4, -0.2) is 26.5 Å². The zero-order chi connectivity index (χ0) is 15.5. The van der Waals surface area contributed by atoms with Gasteiger partial charge in [0.2, 0.25) is 0 Å². The summed E-state index contributed by atoms with van der Waals surface area (Å²) in [5.41, 5.74) is 3.39. The van der Waals surface area contributed by atoms with Gasteiger partial charge in [0.05, 0.1) is 0 Å². The van der Waals surface area contributed by atoms with Gasteiger partial charge in [-0.25, -0.2) is 0 Å². The van der Waals surface area contributed by atoms with E-state index in [1.807, 2.05) is 36.4 Å². The number of hydrogen-bond acceptors (Lipinski definition) is 2. The molecule has 0 fully saturated rings. The molecule has 0 saturated carbocycles. The third-order valence-corrected chi connectivity index (χ3v) is 4.17. The fourth-order valence-electron chi connectivity index (χ4n) is 2.42. The van der Waals surface area contributed by atoms with Crippen molar-refractivity contribution in [2.45, 2.75) is 5.92 Å². The van der Waals surface area contributed by atoms with E-state index in [2.05, 4.69) is 26.9 Å². The number of nitrogens with zero attached hydrogens (tertiary/aromatic N) is 1. The van der Waals surface area contributed by atoms with Gasteiger partial charge in [0.1, 0.15) is 0 Å². The van der Waals surface area contributed by atoms with E-state index >= 15 is 0 Å². The fraction of sp³-hybridized carbons (Fsp3) is 0.0556. The summed E-state index contributed by atoms with van der Waals surface area (Å²) < 4.78 is 13.7. The summed E-state index contributed by atoms with van der Waals surface area (Å²) in [5, 5.41) is 7.54. The van der Waals surface area contributed by atoms with Crippen LogP contribution in [0.25, 0.3) is 5.70 Å². The number of hydrogen-bond donors (Lipinski definition) is 1. The summed E-state index contributed by atoms with van der Waals surface area (Å²) >= 11 is 2.91. The molecule has 107 valence electrons. The van der Waals surface area contributed by atoms with Crippen LogP contribution in [0.2, 0.25) is 0 Å². The number of allylic oxidation sites excluding steroid dienone is 2. The monoisotopic (exact) mass is 355 g/mol. The number of benzene rings is 2. The number of halogens is 1. The summed E-state index contributed by atoms with van der Waals surface area (Å²) in [7, 11) is 0. The molecule has 0 spiro atoms. The van der Waals surface area contributed by atoms with E-state index in [-0.39, 0.29) is 11.7 Å². The van der Waals surface area contributed by atoms with Crippen molar-refractivity contribution >= 4 is 32.2 Å². The molecular formula is C18H12FN2Se. The molecule has 1 aliphatic rings. The van der Waals surface area contributed by atoms with Gasteiger partial charge >= 0.3 is 136 Å². The standard InChI is InChI=1S/C18H12FN2Se/c19-14-8-6-13(7-9-14)17-10-15(12-4-2-1-3-5-12)16(11-20)18(22)21-17/h1-10,15,20H. The zero-order valence-corrected chi connectivity index (χ0v) is 13.3. The molecule has 2 aromatic carbocycles. The van der Waals surface area contributed by atoms with Crippen molar-refractivity contribution in [2.75, 3.05) is 0 Å². The van der Waals surface area contributed by atoms with Gasteiger partial charge in [-0.2, -0.15) is 0 Å². The molecule has 3 rings (SSSR count). The molecule has 2 nitrogen and oxygen atoms in total. The van der Waals surface area contributed by atoms with Crippen LogP contribution >= 0.6 is 0 Å². The average molecular weight is 354 g/mol. The summed E-state index contributed by atoms with van der Waals surface area (Å²) in [6.45, 7) is 0. The van der Waals surface area contributed by atoms with Crippen LogP contribution in [0.1, 0.15) is 17.0 Å². The number of rotatable bonds is 2. The third kappa shape index (κ3) is 2.86.